The topological polar surface area (TPSA) is 32.6 Å². The molecule has 0 saturated heterocycles. The smallest absolute Gasteiger partial charge is 0.0661 e. The molecular formula is C21H23NOS. The average Bonchev–Trinajstić information content (AvgIpc) is 3.04. The normalized spacial score (nSPS) is 37.4. The molecule has 0 aliphatic heterocycles. The van der Waals surface area contributed by atoms with Gasteiger partial charge in [0.25, 0.3) is 0 Å². The van der Waals surface area contributed by atoms with E-state index < -0.39 is 0 Å². The van der Waals surface area contributed by atoms with E-state index in [4.69, 9.17) is 0 Å². The van der Waals surface area contributed by atoms with Gasteiger partial charge >= 0.3 is 0 Å². The third-order valence-electron chi connectivity index (χ3n) is 6.39. The molecule has 2 nitrogen and oxygen atoms in total. The number of thiophene rings is 1. The Morgan fingerprint density at radius 2 is 1.79 bits per heavy atom. The Morgan fingerprint density at radius 1 is 1.04 bits per heavy atom. The van der Waals surface area contributed by atoms with Crippen LogP contribution in [0, 0.1) is 11.8 Å². The zero-order valence-corrected chi connectivity index (χ0v) is 14.6. The van der Waals surface area contributed by atoms with Crippen LogP contribution in [-0.4, -0.2) is 16.9 Å². The van der Waals surface area contributed by atoms with Crippen LogP contribution in [0.5, 0.6) is 0 Å². The van der Waals surface area contributed by atoms with Crippen LogP contribution in [0.25, 0.3) is 0 Å². The molecule has 4 aliphatic carbocycles. The minimum Gasteiger partial charge on any atom is -0.390 e. The van der Waals surface area contributed by atoms with E-state index in [-0.39, 0.29) is 11.0 Å². The highest BCUT2D eigenvalue weighted by atomic mass is 32.1. The summed E-state index contributed by atoms with van der Waals surface area (Å²) in [5.41, 5.74) is 2.26. The van der Waals surface area contributed by atoms with Crippen molar-refractivity contribution in [3.63, 3.8) is 0 Å². The van der Waals surface area contributed by atoms with Crippen molar-refractivity contribution >= 4 is 23.2 Å². The van der Waals surface area contributed by atoms with Crippen molar-refractivity contribution in [2.45, 2.75) is 49.5 Å². The lowest BCUT2D eigenvalue weighted by Gasteiger charge is -2.60. The number of aliphatic imine (C=N–C) groups is 1. The fourth-order valence-electron chi connectivity index (χ4n) is 5.96. The van der Waals surface area contributed by atoms with E-state index in [2.05, 4.69) is 40.7 Å². The molecule has 24 heavy (non-hydrogen) atoms. The number of hydrogen-bond donors (Lipinski definition) is 1. The summed E-state index contributed by atoms with van der Waals surface area (Å²) < 4.78 is 0. The molecule has 2 unspecified atom stereocenters. The zero-order valence-electron chi connectivity index (χ0n) is 13.8. The quantitative estimate of drug-likeness (QED) is 0.778. The van der Waals surface area contributed by atoms with Gasteiger partial charge in [-0.3, -0.25) is 4.99 Å². The van der Waals surface area contributed by atoms with Crippen molar-refractivity contribution < 1.29 is 5.11 Å². The van der Waals surface area contributed by atoms with Gasteiger partial charge < -0.3 is 5.11 Å². The molecule has 4 fully saturated rings. The third-order valence-corrected chi connectivity index (χ3v) is 7.20. The summed E-state index contributed by atoms with van der Waals surface area (Å²) in [6.45, 7) is 0. The maximum atomic E-state index is 11.0. The van der Waals surface area contributed by atoms with Crippen LogP contribution < -0.4 is 0 Å². The summed E-state index contributed by atoms with van der Waals surface area (Å²) in [4.78, 5) is 5.77. The number of benzene rings is 1. The molecule has 4 saturated carbocycles. The SMILES string of the molecule is OC12C[C@H]3C[C@@H](C1)CC(c1ccc(N=Cc4cccs4)cc1)(C3)C2. The van der Waals surface area contributed by atoms with Crippen LogP contribution in [0.1, 0.15) is 49.0 Å². The Bertz CT molecular complexity index is 748. The molecule has 1 N–H and O–H groups in total. The van der Waals surface area contributed by atoms with E-state index in [0.717, 1.165) is 36.8 Å². The Kier molecular flexibility index (Phi) is 3.26. The summed E-state index contributed by atoms with van der Waals surface area (Å²) in [7, 11) is 0. The molecular weight excluding hydrogens is 314 g/mol. The number of aliphatic hydroxyl groups is 1. The van der Waals surface area contributed by atoms with Crippen LogP contribution in [0.15, 0.2) is 46.8 Å². The van der Waals surface area contributed by atoms with E-state index in [9.17, 15) is 5.11 Å². The maximum Gasteiger partial charge on any atom is 0.0661 e. The Morgan fingerprint density at radius 3 is 2.42 bits per heavy atom. The lowest BCUT2D eigenvalue weighted by Crippen LogP contribution is -2.57. The fourth-order valence-corrected chi connectivity index (χ4v) is 6.54. The Hall–Kier alpha value is -1.45. The molecule has 1 aromatic heterocycles. The Balaban J connectivity index is 1.41. The predicted molar refractivity (Wildman–Crippen MR) is 99.3 cm³/mol. The molecule has 0 spiro atoms. The Labute approximate surface area is 147 Å². The zero-order chi connectivity index (χ0) is 16.2. The van der Waals surface area contributed by atoms with E-state index in [1.807, 2.05) is 12.3 Å². The minimum absolute atomic E-state index is 0.217. The average molecular weight is 337 g/mol. The molecule has 2 aromatic rings. The molecule has 3 heteroatoms. The molecule has 4 atom stereocenters. The van der Waals surface area contributed by atoms with Crippen molar-refractivity contribution in [3.05, 3.63) is 52.2 Å². The maximum absolute atomic E-state index is 11.0. The summed E-state index contributed by atoms with van der Waals surface area (Å²) in [6, 6.07) is 12.9. The van der Waals surface area contributed by atoms with Crippen molar-refractivity contribution in [3.8, 4) is 0 Å². The van der Waals surface area contributed by atoms with Crippen molar-refractivity contribution in [1.82, 2.24) is 0 Å². The minimum atomic E-state index is -0.389. The third kappa shape index (κ3) is 2.46. The lowest BCUT2D eigenvalue weighted by atomic mass is 9.46. The van der Waals surface area contributed by atoms with Crippen molar-refractivity contribution in [2.75, 3.05) is 0 Å². The molecule has 4 bridgehead atoms. The first-order valence-electron chi connectivity index (χ1n) is 9.03. The predicted octanol–water partition coefficient (Wildman–Crippen LogP) is 5.08. The van der Waals surface area contributed by atoms with E-state index in [0.29, 0.717) is 0 Å². The van der Waals surface area contributed by atoms with Gasteiger partial charge in [0.2, 0.25) is 0 Å². The lowest BCUT2D eigenvalue weighted by molar-refractivity contribution is -0.136. The number of hydrogen-bond acceptors (Lipinski definition) is 3. The largest absolute Gasteiger partial charge is 0.390 e. The highest BCUT2D eigenvalue weighted by Crippen LogP contribution is 2.62. The molecule has 1 heterocycles. The van der Waals surface area contributed by atoms with Crippen LogP contribution in [0.3, 0.4) is 0 Å². The first-order chi connectivity index (χ1) is 11.6. The second-order valence-corrected chi connectivity index (χ2v) is 9.27. The van der Waals surface area contributed by atoms with Gasteiger partial charge in [0.1, 0.15) is 0 Å². The van der Waals surface area contributed by atoms with Gasteiger partial charge in [-0.15, -0.1) is 11.3 Å². The molecule has 1 aromatic carbocycles. The first kappa shape index (κ1) is 14.9. The summed E-state index contributed by atoms with van der Waals surface area (Å²) in [5, 5.41) is 13.0. The van der Waals surface area contributed by atoms with Crippen LogP contribution in [0.2, 0.25) is 0 Å². The van der Waals surface area contributed by atoms with Crippen LogP contribution in [-0.2, 0) is 5.41 Å². The fraction of sp³-hybridized carbons (Fsp3) is 0.476. The van der Waals surface area contributed by atoms with Gasteiger partial charge in [-0.1, -0.05) is 18.2 Å². The van der Waals surface area contributed by atoms with Crippen LogP contribution in [0.4, 0.5) is 5.69 Å². The van der Waals surface area contributed by atoms with Gasteiger partial charge in [-0.2, -0.15) is 0 Å². The van der Waals surface area contributed by atoms with E-state index in [1.54, 1.807) is 11.3 Å². The number of nitrogens with zero attached hydrogens (tertiary/aromatic N) is 1. The van der Waals surface area contributed by atoms with E-state index >= 15 is 0 Å². The monoisotopic (exact) mass is 337 g/mol. The van der Waals surface area contributed by atoms with Crippen molar-refractivity contribution in [1.29, 1.82) is 0 Å². The van der Waals surface area contributed by atoms with Gasteiger partial charge in [0.15, 0.2) is 0 Å². The summed E-state index contributed by atoms with van der Waals surface area (Å²) >= 11 is 1.71. The molecule has 6 rings (SSSR count). The van der Waals surface area contributed by atoms with Gasteiger partial charge in [-0.05, 0) is 84.9 Å². The van der Waals surface area contributed by atoms with Crippen molar-refractivity contribution in [2.24, 2.45) is 16.8 Å². The van der Waals surface area contributed by atoms with E-state index in [1.165, 1.54) is 29.7 Å². The molecule has 124 valence electrons. The molecule has 4 aliphatic rings. The van der Waals surface area contributed by atoms with Gasteiger partial charge in [-0.25, -0.2) is 0 Å². The first-order valence-corrected chi connectivity index (χ1v) is 9.91. The number of rotatable bonds is 3. The second kappa shape index (κ2) is 5.27. The molecule has 0 amide bonds. The van der Waals surface area contributed by atoms with Gasteiger partial charge in [0, 0.05) is 11.1 Å². The second-order valence-electron chi connectivity index (χ2n) is 8.29. The summed E-state index contributed by atoms with van der Waals surface area (Å²) in [6.07, 6.45) is 8.85. The standard InChI is InChI=1S/C21H23NOS/c23-21-11-15-8-16(12-21)10-20(9-15,14-21)17-3-5-18(6-4-17)22-13-19-2-1-7-24-19/h1-7,13,15-16,23H,8-12,14H2/t15-,16+,20?,21?. The molecule has 0 radical (unpaired) electrons. The van der Waals surface area contributed by atoms with Gasteiger partial charge in [0.05, 0.1) is 11.3 Å². The highest BCUT2D eigenvalue weighted by molar-refractivity contribution is 7.11. The van der Waals surface area contributed by atoms with Crippen LogP contribution >= 0.6 is 11.3 Å². The highest BCUT2D eigenvalue weighted by Gasteiger charge is 2.57. The summed E-state index contributed by atoms with van der Waals surface area (Å²) in [5.74, 6) is 1.46.